The van der Waals surface area contributed by atoms with Gasteiger partial charge in [-0.15, -0.1) is 0 Å². The number of pyridine rings is 6. The summed E-state index contributed by atoms with van der Waals surface area (Å²) in [5.41, 5.74) is 2.97. The molecular formula is C50H76Cl6F6N6Nb6-6. The molecule has 0 saturated carbocycles. The predicted octanol–water partition coefficient (Wildman–Crippen LogP) is 20.7. The van der Waals surface area contributed by atoms with Crippen molar-refractivity contribution >= 4 is 69.6 Å². The van der Waals surface area contributed by atoms with E-state index < -0.39 is 23.5 Å². The number of aromatic nitrogens is 6. The molecule has 6 aromatic rings. The molecule has 0 spiro atoms. The summed E-state index contributed by atoms with van der Waals surface area (Å²) in [7, 11) is 0. The fourth-order valence-electron chi connectivity index (χ4n) is 3.48. The second-order valence-electron chi connectivity index (χ2n) is 10.7. The number of aryl methyl sites for hydroxylation is 4. The van der Waals surface area contributed by atoms with Crippen LogP contribution in [0.3, 0.4) is 0 Å². The van der Waals surface area contributed by atoms with Gasteiger partial charge in [0.25, 0.3) is 0 Å². The van der Waals surface area contributed by atoms with Gasteiger partial charge in [-0.2, -0.15) is 26.3 Å². The fourth-order valence-corrected chi connectivity index (χ4v) is 4.68. The predicted molar refractivity (Wildman–Crippen MR) is 293 cm³/mol. The summed E-state index contributed by atoms with van der Waals surface area (Å²) >= 11 is 33.0. The molecule has 0 aliphatic heterocycles. The van der Waals surface area contributed by atoms with Crippen LogP contribution in [0.4, 0.5) is 26.3 Å². The molecule has 426 valence electrons. The van der Waals surface area contributed by atoms with E-state index in [1.165, 1.54) is 5.56 Å². The molecule has 0 aliphatic carbocycles. The average Bonchev–Trinajstić information content (AvgIpc) is 3.14. The number of nitrogens with zero attached hydrogens (tertiary/aromatic N) is 6. The molecule has 0 amide bonds. The third-order valence-corrected chi connectivity index (χ3v) is 8.08. The molecule has 0 aromatic carbocycles. The Balaban J connectivity index is -0.0000000304. The van der Waals surface area contributed by atoms with Crippen molar-refractivity contribution in [3.63, 3.8) is 0 Å². The van der Waals surface area contributed by atoms with Crippen LogP contribution >= 0.6 is 69.6 Å². The molecule has 0 N–H and O–H groups in total. The van der Waals surface area contributed by atoms with Gasteiger partial charge in [0.1, 0.15) is 15.5 Å². The van der Waals surface area contributed by atoms with Crippen LogP contribution in [-0.4, -0.2) is 29.9 Å². The maximum Gasteiger partial charge on any atom is 0.417 e. The van der Waals surface area contributed by atoms with E-state index in [-0.39, 0.29) is 234 Å². The molecule has 6 radical (unpaired) electrons. The van der Waals surface area contributed by atoms with E-state index in [1.807, 2.05) is 50.2 Å². The molecule has 24 heteroatoms. The zero-order valence-electron chi connectivity index (χ0n) is 38.7. The Morgan fingerprint density at radius 2 is 0.797 bits per heavy atom. The van der Waals surface area contributed by atoms with Crippen LogP contribution in [0.15, 0.2) is 110 Å². The molecule has 6 rings (SSSR count). The Morgan fingerprint density at radius 1 is 0.419 bits per heavy atom. The van der Waals surface area contributed by atoms with Gasteiger partial charge in [-0.3, -0.25) is 15.0 Å². The number of halogens is 12. The molecule has 6 aromatic heterocycles. The zero-order valence-corrected chi connectivity index (χ0v) is 56.4. The summed E-state index contributed by atoms with van der Waals surface area (Å²) < 4.78 is 71.5. The molecule has 0 saturated heterocycles. The van der Waals surface area contributed by atoms with Crippen LogP contribution in [-0.2, 0) is 159 Å². The topological polar surface area (TPSA) is 77.3 Å². The van der Waals surface area contributed by atoms with Crippen molar-refractivity contribution < 1.29 is 161 Å². The van der Waals surface area contributed by atoms with Gasteiger partial charge in [0, 0.05) is 190 Å². The molecule has 0 aliphatic rings. The third-order valence-electron chi connectivity index (χ3n) is 6.43. The van der Waals surface area contributed by atoms with Gasteiger partial charge < -0.3 is 44.6 Å². The van der Waals surface area contributed by atoms with Crippen LogP contribution in [0, 0.1) is 58.4 Å². The van der Waals surface area contributed by atoms with Gasteiger partial charge in [0.05, 0.1) is 26.2 Å². The van der Waals surface area contributed by atoms with Crippen molar-refractivity contribution in [3.05, 3.63) is 219 Å². The Morgan fingerprint density at radius 3 is 1.04 bits per heavy atom. The normalized spacial score (nSPS) is 7.78. The smallest absolute Gasteiger partial charge is 0.358 e. The van der Waals surface area contributed by atoms with Crippen molar-refractivity contribution in [2.75, 3.05) is 0 Å². The Hall–Kier alpha value is 0.662. The van der Waals surface area contributed by atoms with Crippen molar-refractivity contribution in [1.82, 2.24) is 29.9 Å². The van der Waals surface area contributed by atoms with Gasteiger partial charge in [-0.05, 0) is 104 Å². The Bertz CT molecular complexity index is 2030. The van der Waals surface area contributed by atoms with E-state index in [1.54, 1.807) is 37.2 Å². The first-order valence-electron chi connectivity index (χ1n) is 16.0. The van der Waals surface area contributed by atoms with E-state index in [2.05, 4.69) is 43.8 Å². The van der Waals surface area contributed by atoms with Crippen molar-refractivity contribution in [2.24, 2.45) is 0 Å². The molecule has 0 unspecified atom stereocenters. The SMILES string of the molecule is C.C.C.C.C.C.CCc1ccnc(Cl)c1.CCc1ccncc1Cl.Cc1ccnc(Cl)c1.Cc1ccncc1Cl.FC(F)(F)c1ccnc(Cl)c1.FC(F)(F)c1ccncc1Cl.[CH3-].[CH3-].[CH3-].[CH3-].[CH3-].[CH3-].[Nb].[Nb].[Nb].[Nb].[Nb].[Nb]. The standard InChI is InChI=1S/2C7H8ClN.2C6H3ClF3N.2C6H6ClN.6CH4.6CH3.6Nb/c1-2-6-3-4-9-5-7(6)8;1-2-6-3-4-9-7(8)5-6;7-5-3-11-2-1-4(5)6(8,9)10;7-5-3-4(1-2-11-5)6(8,9)10;1-5-2-3-8-4-6(5)7;1-5-2-3-8-6(7)4-5;;;;;;;;;;;;;;;;;;/h2*3-5H,2H2,1H3;2*1-3H;2*2-4H,1H3;6*1H4;6*1H3;;;;;;/q;;;;;;;;;;;;6*-1;;;;;;. The fraction of sp³-hybridized carbons (Fsp3) is 0.280. The first-order valence-corrected chi connectivity index (χ1v) is 18.2. The molecule has 6 heterocycles. The maximum absolute atomic E-state index is 11.9. The van der Waals surface area contributed by atoms with E-state index in [9.17, 15) is 26.3 Å². The Labute approximate surface area is 569 Å². The number of hydrogen-bond donors (Lipinski definition) is 0. The number of rotatable bonds is 2. The summed E-state index contributed by atoms with van der Waals surface area (Å²) in [6.07, 6.45) is 6.49. The summed E-state index contributed by atoms with van der Waals surface area (Å²) in [6.45, 7) is 8.09. The summed E-state index contributed by atoms with van der Waals surface area (Å²) in [5.74, 6) is 0. The van der Waals surface area contributed by atoms with Gasteiger partial charge in [0.15, 0.2) is 0 Å². The van der Waals surface area contributed by atoms with Gasteiger partial charge in [-0.1, -0.05) is 128 Å². The molecular weight excluding hydrogens is 1570 g/mol. The van der Waals surface area contributed by atoms with Crippen LogP contribution in [0.1, 0.15) is 91.8 Å². The van der Waals surface area contributed by atoms with Crippen LogP contribution in [0.5, 0.6) is 0 Å². The molecule has 6 nitrogen and oxygen atoms in total. The van der Waals surface area contributed by atoms with Gasteiger partial charge >= 0.3 is 12.4 Å². The van der Waals surface area contributed by atoms with Crippen molar-refractivity contribution in [1.29, 1.82) is 0 Å². The number of alkyl halides is 6. The van der Waals surface area contributed by atoms with Crippen LogP contribution in [0.25, 0.3) is 0 Å². The van der Waals surface area contributed by atoms with Gasteiger partial charge in [0.2, 0.25) is 0 Å². The third kappa shape index (κ3) is 58.8. The van der Waals surface area contributed by atoms with Crippen LogP contribution in [0.2, 0.25) is 30.5 Å². The minimum Gasteiger partial charge on any atom is -0.358 e. The minimum absolute atomic E-state index is 0. The van der Waals surface area contributed by atoms with E-state index in [0.29, 0.717) is 10.3 Å². The van der Waals surface area contributed by atoms with E-state index in [4.69, 9.17) is 69.6 Å². The second kappa shape index (κ2) is 69.8. The van der Waals surface area contributed by atoms with Crippen molar-refractivity contribution in [3.8, 4) is 0 Å². The average molecular weight is 1650 g/mol. The van der Waals surface area contributed by atoms with E-state index >= 15 is 0 Å². The zero-order chi connectivity index (χ0) is 42.3. The monoisotopic (exact) mass is 1640 g/mol. The largest absolute Gasteiger partial charge is 0.417 e. The quantitative estimate of drug-likeness (QED) is 0.0744. The molecule has 0 bridgehead atoms. The van der Waals surface area contributed by atoms with Gasteiger partial charge in [-0.25, -0.2) is 15.0 Å². The Kier molecular flexibility index (Phi) is 119. The number of hydrogen-bond acceptors (Lipinski definition) is 6. The summed E-state index contributed by atoms with van der Waals surface area (Å²) in [5, 5.41) is 2.10. The first-order chi connectivity index (χ1) is 26.3. The van der Waals surface area contributed by atoms with E-state index in [0.717, 1.165) is 76.4 Å². The van der Waals surface area contributed by atoms with Crippen molar-refractivity contribution in [2.45, 2.75) is 97.4 Å². The second-order valence-corrected chi connectivity index (χ2v) is 13.0. The maximum atomic E-state index is 11.9. The first kappa shape index (κ1) is 126. The molecule has 0 fully saturated rings. The molecule has 0 atom stereocenters. The molecule has 74 heavy (non-hydrogen) atoms. The summed E-state index contributed by atoms with van der Waals surface area (Å²) in [6, 6.07) is 13.9. The summed E-state index contributed by atoms with van der Waals surface area (Å²) in [4.78, 5) is 22.2. The minimum atomic E-state index is -4.39. The van der Waals surface area contributed by atoms with Crippen LogP contribution < -0.4 is 0 Å².